The highest BCUT2D eigenvalue weighted by Crippen LogP contribution is 2.18. The SMILES string of the molecule is CCc1ccccc1NCCC(=O)Nc1ccc(N(CC)CC)cc1. The molecule has 0 radical (unpaired) electrons. The fourth-order valence-electron chi connectivity index (χ4n) is 2.88. The number of hydrogen-bond acceptors (Lipinski definition) is 3. The Morgan fingerprint density at radius 2 is 1.64 bits per heavy atom. The molecule has 25 heavy (non-hydrogen) atoms. The first kappa shape index (κ1) is 18.8. The van der Waals surface area contributed by atoms with Gasteiger partial charge in [-0.15, -0.1) is 0 Å². The molecule has 2 aromatic carbocycles. The van der Waals surface area contributed by atoms with E-state index in [4.69, 9.17) is 0 Å². The number of carbonyl (C=O) groups excluding carboxylic acids is 1. The van der Waals surface area contributed by atoms with E-state index in [-0.39, 0.29) is 5.91 Å². The lowest BCUT2D eigenvalue weighted by molar-refractivity contribution is -0.115. The van der Waals surface area contributed by atoms with Gasteiger partial charge in [0.25, 0.3) is 0 Å². The Morgan fingerprint density at radius 1 is 0.960 bits per heavy atom. The summed E-state index contributed by atoms with van der Waals surface area (Å²) in [5.41, 5.74) is 4.41. The first-order chi connectivity index (χ1) is 12.2. The first-order valence-corrected chi connectivity index (χ1v) is 9.14. The van der Waals surface area contributed by atoms with Crippen molar-refractivity contribution in [3.63, 3.8) is 0 Å². The Balaban J connectivity index is 1.82. The van der Waals surface area contributed by atoms with Crippen LogP contribution in [0.15, 0.2) is 48.5 Å². The number of amides is 1. The lowest BCUT2D eigenvalue weighted by Gasteiger charge is -2.21. The quantitative estimate of drug-likeness (QED) is 0.705. The van der Waals surface area contributed by atoms with E-state index in [9.17, 15) is 4.79 Å². The van der Waals surface area contributed by atoms with Crippen LogP contribution in [0, 0.1) is 0 Å². The molecule has 0 aliphatic heterocycles. The van der Waals surface area contributed by atoms with Crippen LogP contribution in [0.1, 0.15) is 32.8 Å². The molecule has 0 aromatic heterocycles. The summed E-state index contributed by atoms with van der Waals surface area (Å²) < 4.78 is 0. The summed E-state index contributed by atoms with van der Waals surface area (Å²) in [6.07, 6.45) is 1.42. The molecule has 4 heteroatoms. The van der Waals surface area contributed by atoms with Crippen molar-refractivity contribution in [3.8, 4) is 0 Å². The molecule has 2 rings (SSSR count). The molecule has 0 unspecified atom stereocenters. The van der Waals surface area contributed by atoms with Crippen LogP contribution in [0.3, 0.4) is 0 Å². The third-order valence-corrected chi connectivity index (χ3v) is 4.35. The number of carbonyl (C=O) groups is 1. The van der Waals surface area contributed by atoms with Gasteiger partial charge < -0.3 is 15.5 Å². The predicted octanol–water partition coefficient (Wildman–Crippen LogP) is 4.54. The van der Waals surface area contributed by atoms with E-state index in [2.05, 4.69) is 60.6 Å². The Kier molecular flexibility index (Phi) is 7.33. The van der Waals surface area contributed by atoms with E-state index in [0.29, 0.717) is 13.0 Å². The van der Waals surface area contributed by atoms with Crippen LogP contribution >= 0.6 is 0 Å². The molecule has 134 valence electrons. The van der Waals surface area contributed by atoms with E-state index in [1.807, 2.05) is 24.3 Å². The van der Waals surface area contributed by atoms with Gasteiger partial charge >= 0.3 is 0 Å². The lowest BCUT2D eigenvalue weighted by Crippen LogP contribution is -2.21. The van der Waals surface area contributed by atoms with Gasteiger partial charge in [0.15, 0.2) is 0 Å². The third-order valence-electron chi connectivity index (χ3n) is 4.35. The molecular weight excluding hydrogens is 310 g/mol. The molecule has 0 aliphatic rings. The zero-order valence-electron chi connectivity index (χ0n) is 15.5. The summed E-state index contributed by atoms with van der Waals surface area (Å²) >= 11 is 0. The fraction of sp³-hybridized carbons (Fsp3) is 0.381. The number of nitrogens with zero attached hydrogens (tertiary/aromatic N) is 1. The fourth-order valence-corrected chi connectivity index (χ4v) is 2.88. The topological polar surface area (TPSA) is 44.4 Å². The summed E-state index contributed by atoms with van der Waals surface area (Å²) in [7, 11) is 0. The van der Waals surface area contributed by atoms with E-state index < -0.39 is 0 Å². The molecule has 0 atom stereocenters. The number of aryl methyl sites for hydroxylation is 1. The molecule has 0 saturated carbocycles. The number of benzene rings is 2. The minimum Gasteiger partial charge on any atom is -0.384 e. The molecule has 1 amide bonds. The van der Waals surface area contributed by atoms with Gasteiger partial charge in [-0.05, 0) is 56.2 Å². The second-order valence-electron chi connectivity index (χ2n) is 5.95. The third kappa shape index (κ3) is 5.52. The molecule has 0 fully saturated rings. The van der Waals surface area contributed by atoms with Crippen molar-refractivity contribution >= 4 is 23.0 Å². The van der Waals surface area contributed by atoms with Crippen molar-refractivity contribution in [2.75, 3.05) is 35.2 Å². The van der Waals surface area contributed by atoms with Crippen molar-refractivity contribution in [1.29, 1.82) is 0 Å². The highest BCUT2D eigenvalue weighted by Gasteiger charge is 2.05. The van der Waals surface area contributed by atoms with Crippen molar-refractivity contribution in [1.82, 2.24) is 0 Å². The van der Waals surface area contributed by atoms with Crippen LogP contribution in [0.25, 0.3) is 0 Å². The standard InChI is InChI=1S/C21H29N3O/c1-4-17-9-7-8-10-20(17)22-16-15-21(25)23-18-11-13-19(14-12-18)24(5-2)6-3/h7-14,22H,4-6,15-16H2,1-3H3,(H,23,25). The largest absolute Gasteiger partial charge is 0.384 e. The van der Waals surface area contributed by atoms with E-state index in [1.165, 1.54) is 11.3 Å². The van der Waals surface area contributed by atoms with E-state index in [1.54, 1.807) is 0 Å². The van der Waals surface area contributed by atoms with Crippen molar-refractivity contribution in [2.24, 2.45) is 0 Å². The average molecular weight is 339 g/mol. The van der Waals surface area contributed by atoms with Gasteiger partial charge in [-0.3, -0.25) is 4.79 Å². The Hall–Kier alpha value is -2.49. The number of rotatable bonds is 9. The zero-order valence-corrected chi connectivity index (χ0v) is 15.5. The highest BCUT2D eigenvalue weighted by molar-refractivity contribution is 5.91. The number of hydrogen-bond donors (Lipinski definition) is 2. The maximum Gasteiger partial charge on any atom is 0.226 e. The molecule has 2 aromatic rings. The van der Waals surface area contributed by atoms with Crippen molar-refractivity contribution < 1.29 is 4.79 Å². The smallest absolute Gasteiger partial charge is 0.226 e. The van der Waals surface area contributed by atoms with Gasteiger partial charge in [-0.1, -0.05) is 25.1 Å². The van der Waals surface area contributed by atoms with Gasteiger partial charge in [-0.25, -0.2) is 0 Å². The highest BCUT2D eigenvalue weighted by atomic mass is 16.1. The maximum atomic E-state index is 12.1. The van der Waals surface area contributed by atoms with Crippen LogP contribution in [-0.2, 0) is 11.2 Å². The van der Waals surface area contributed by atoms with Crippen LogP contribution in [0.5, 0.6) is 0 Å². The Labute approximate surface area is 151 Å². The number of para-hydroxylation sites is 1. The molecule has 2 N–H and O–H groups in total. The zero-order chi connectivity index (χ0) is 18.1. The summed E-state index contributed by atoms with van der Waals surface area (Å²) in [5, 5.41) is 6.31. The second kappa shape index (κ2) is 9.72. The molecule has 0 saturated heterocycles. The molecule has 4 nitrogen and oxygen atoms in total. The van der Waals surface area contributed by atoms with E-state index >= 15 is 0 Å². The molecule has 0 spiro atoms. The molecule has 0 bridgehead atoms. The lowest BCUT2D eigenvalue weighted by atomic mass is 10.1. The van der Waals surface area contributed by atoms with Gasteiger partial charge in [-0.2, -0.15) is 0 Å². The molecular formula is C21H29N3O. The summed E-state index contributed by atoms with van der Waals surface area (Å²) in [4.78, 5) is 14.4. The van der Waals surface area contributed by atoms with Crippen LogP contribution in [0.2, 0.25) is 0 Å². The van der Waals surface area contributed by atoms with Crippen molar-refractivity contribution in [3.05, 3.63) is 54.1 Å². The molecule has 0 aliphatic carbocycles. The Bertz CT molecular complexity index is 663. The van der Waals surface area contributed by atoms with Crippen molar-refractivity contribution in [2.45, 2.75) is 33.6 Å². The first-order valence-electron chi connectivity index (χ1n) is 9.14. The van der Waals surface area contributed by atoms with Gasteiger partial charge in [0.2, 0.25) is 5.91 Å². The predicted molar refractivity (Wildman–Crippen MR) is 108 cm³/mol. The minimum absolute atomic E-state index is 0.0251. The van der Waals surface area contributed by atoms with Gasteiger partial charge in [0.05, 0.1) is 0 Å². The number of nitrogens with one attached hydrogen (secondary N) is 2. The average Bonchev–Trinajstić information content (AvgIpc) is 2.64. The minimum atomic E-state index is 0.0251. The van der Waals surface area contributed by atoms with E-state index in [0.717, 1.165) is 30.9 Å². The van der Waals surface area contributed by atoms with Gasteiger partial charge in [0.1, 0.15) is 0 Å². The van der Waals surface area contributed by atoms with Crippen LogP contribution in [0.4, 0.5) is 17.1 Å². The monoisotopic (exact) mass is 339 g/mol. The summed E-state index contributed by atoms with van der Waals surface area (Å²) in [6, 6.07) is 16.3. The second-order valence-corrected chi connectivity index (χ2v) is 5.95. The molecule has 0 heterocycles. The van der Waals surface area contributed by atoms with Crippen LogP contribution in [-0.4, -0.2) is 25.5 Å². The van der Waals surface area contributed by atoms with Gasteiger partial charge in [0, 0.05) is 43.1 Å². The summed E-state index contributed by atoms with van der Waals surface area (Å²) in [6.45, 7) is 9.00. The Morgan fingerprint density at radius 3 is 2.28 bits per heavy atom. The van der Waals surface area contributed by atoms with Crippen LogP contribution < -0.4 is 15.5 Å². The normalized spacial score (nSPS) is 10.4. The summed E-state index contributed by atoms with van der Waals surface area (Å²) in [5.74, 6) is 0.0251. The maximum absolute atomic E-state index is 12.1. The number of anilines is 3.